The number of fused-ring (bicyclic) bond motifs is 1. The number of methoxy groups -OCH3 is 1. The molecule has 100 valence electrons. The summed E-state index contributed by atoms with van der Waals surface area (Å²) < 4.78 is 10.5. The van der Waals surface area contributed by atoms with Crippen molar-refractivity contribution in [1.29, 1.82) is 0 Å². The molecule has 1 N–H and O–H groups in total. The summed E-state index contributed by atoms with van der Waals surface area (Å²) in [5, 5.41) is 10.1. The summed E-state index contributed by atoms with van der Waals surface area (Å²) in [7, 11) is 1.43. The number of ether oxygens (including phenoxy) is 2. The van der Waals surface area contributed by atoms with E-state index in [0.29, 0.717) is 10.5 Å². The van der Waals surface area contributed by atoms with Crippen LogP contribution in [0.4, 0.5) is 0 Å². The lowest BCUT2D eigenvalue weighted by Gasteiger charge is -2.10. The van der Waals surface area contributed by atoms with Gasteiger partial charge >= 0.3 is 5.97 Å². The fourth-order valence-corrected chi connectivity index (χ4v) is 1.85. The Morgan fingerprint density at radius 1 is 1.42 bits per heavy atom. The molecule has 6 nitrogen and oxygen atoms in total. The first kappa shape index (κ1) is 12.9. The second-order valence-electron chi connectivity index (χ2n) is 3.79. The summed E-state index contributed by atoms with van der Waals surface area (Å²) in [5.74, 6) is -0.424. The normalized spacial score (nSPS) is 10.4. The fourth-order valence-electron chi connectivity index (χ4n) is 1.85. The van der Waals surface area contributed by atoms with Gasteiger partial charge in [0.1, 0.15) is 16.8 Å². The van der Waals surface area contributed by atoms with Gasteiger partial charge in [0.15, 0.2) is 0 Å². The first-order valence-electron chi connectivity index (χ1n) is 5.69. The zero-order valence-corrected chi connectivity index (χ0v) is 10.5. The van der Waals surface area contributed by atoms with Gasteiger partial charge in [-0.15, -0.1) is 0 Å². The SMILES string of the molecule is CCOC(=O)c1cn(O)c2c(OC)cccc2c1=O. The average molecular weight is 263 g/mol. The second kappa shape index (κ2) is 5.01. The summed E-state index contributed by atoms with van der Waals surface area (Å²) in [6.07, 6.45) is 1.03. The van der Waals surface area contributed by atoms with Gasteiger partial charge in [0, 0.05) is 0 Å². The van der Waals surface area contributed by atoms with E-state index in [4.69, 9.17) is 9.47 Å². The maximum absolute atomic E-state index is 12.2. The van der Waals surface area contributed by atoms with E-state index in [2.05, 4.69) is 0 Å². The van der Waals surface area contributed by atoms with Crippen molar-refractivity contribution in [2.24, 2.45) is 0 Å². The van der Waals surface area contributed by atoms with Crippen molar-refractivity contribution in [3.05, 3.63) is 40.2 Å². The van der Waals surface area contributed by atoms with Crippen molar-refractivity contribution in [3.63, 3.8) is 0 Å². The summed E-state index contributed by atoms with van der Waals surface area (Å²) in [6.45, 7) is 1.79. The van der Waals surface area contributed by atoms with Crippen LogP contribution in [0.3, 0.4) is 0 Å². The number of carbonyl (C=O) groups excluding carboxylic acids is 1. The number of aromatic nitrogens is 1. The van der Waals surface area contributed by atoms with Gasteiger partial charge in [-0.3, -0.25) is 4.79 Å². The molecular weight excluding hydrogens is 250 g/mol. The third kappa shape index (κ3) is 2.12. The highest BCUT2D eigenvalue weighted by Crippen LogP contribution is 2.22. The summed E-state index contributed by atoms with van der Waals surface area (Å²) in [4.78, 5) is 23.8. The van der Waals surface area contributed by atoms with Crippen LogP contribution in [0.5, 0.6) is 5.75 Å². The molecule has 0 aliphatic carbocycles. The maximum Gasteiger partial charge on any atom is 0.343 e. The number of rotatable bonds is 3. The molecule has 0 aliphatic heterocycles. The van der Waals surface area contributed by atoms with Gasteiger partial charge in [0.05, 0.1) is 25.3 Å². The van der Waals surface area contributed by atoms with E-state index in [-0.39, 0.29) is 23.1 Å². The van der Waals surface area contributed by atoms with E-state index < -0.39 is 11.4 Å². The Morgan fingerprint density at radius 3 is 2.79 bits per heavy atom. The van der Waals surface area contributed by atoms with Crippen LogP contribution in [0.25, 0.3) is 10.9 Å². The lowest BCUT2D eigenvalue weighted by molar-refractivity contribution is 0.0520. The van der Waals surface area contributed by atoms with Crippen molar-refractivity contribution < 1.29 is 19.5 Å². The number of para-hydroxylation sites is 1. The highest BCUT2D eigenvalue weighted by Gasteiger charge is 2.18. The Hall–Kier alpha value is -2.50. The van der Waals surface area contributed by atoms with Gasteiger partial charge in [-0.1, -0.05) is 6.07 Å². The summed E-state index contributed by atoms with van der Waals surface area (Å²) in [5.41, 5.74) is -0.509. The van der Waals surface area contributed by atoms with Crippen LogP contribution in [0.15, 0.2) is 29.2 Å². The van der Waals surface area contributed by atoms with Crippen molar-refractivity contribution in [3.8, 4) is 5.75 Å². The highest BCUT2D eigenvalue weighted by molar-refractivity contribution is 5.95. The Labute approximate surface area is 108 Å². The molecule has 2 aromatic rings. The van der Waals surface area contributed by atoms with E-state index in [1.54, 1.807) is 19.1 Å². The Kier molecular flexibility index (Phi) is 3.41. The molecule has 0 aliphatic rings. The molecule has 0 unspecified atom stereocenters. The Morgan fingerprint density at radius 2 is 2.16 bits per heavy atom. The number of carbonyl (C=O) groups is 1. The van der Waals surface area contributed by atoms with Crippen molar-refractivity contribution in [1.82, 2.24) is 4.73 Å². The number of benzene rings is 1. The highest BCUT2D eigenvalue weighted by atomic mass is 16.5. The van der Waals surface area contributed by atoms with Gasteiger partial charge < -0.3 is 14.7 Å². The van der Waals surface area contributed by atoms with Crippen LogP contribution < -0.4 is 10.2 Å². The number of pyridine rings is 1. The first-order valence-corrected chi connectivity index (χ1v) is 5.69. The number of hydrogen-bond acceptors (Lipinski definition) is 5. The minimum atomic E-state index is -0.764. The van der Waals surface area contributed by atoms with E-state index in [1.807, 2.05) is 0 Å². The summed E-state index contributed by atoms with van der Waals surface area (Å²) >= 11 is 0. The van der Waals surface area contributed by atoms with Gasteiger partial charge in [-0.2, -0.15) is 4.73 Å². The molecule has 6 heteroatoms. The lowest BCUT2D eigenvalue weighted by Crippen LogP contribution is -2.20. The molecule has 0 saturated carbocycles. The predicted octanol–water partition coefficient (Wildman–Crippen LogP) is 1.42. The van der Waals surface area contributed by atoms with Crippen molar-refractivity contribution in [2.75, 3.05) is 13.7 Å². The molecular formula is C13H13NO5. The molecule has 19 heavy (non-hydrogen) atoms. The van der Waals surface area contributed by atoms with E-state index in [0.717, 1.165) is 6.20 Å². The molecule has 1 aromatic heterocycles. The van der Waals surface area contributed by atoms with Gasteiger partial charge in [0.25, 0.3) is 0 Å². The van der Waals surface area contributed by atoms with Crippen molar-refractivity contribution in [2.45, 2.75) is 6.92 Å². The minimum absolute atomic E-state index is 0.153. The molecule has 0 bridgehead atoms. The number of esters is 1. The smallest absolute Gasteiger partial charge is 0.343 e. The van der Waals surface area contributed by atoms with Crippen LogP contribution >= 0.6 is 0 Å². The zero-order chi connectivity index (χ0) is 14.0. The topological polar surface area (TPSA) is 77.8 Å². The van der Waals surface area contributed by atoms with Gasteiger partial charge in [-0.05, 0) is 19.1 Å². The molecule has 0 saturated heterocycles. The van der Waals surface area contributed by atoms with E-state index in [1.165, 1.54) is 13.2 Å². The van der Waals surface area contributed by atoms with Crippen LogP contribution in [0.1, 0.15) is 17.3 Å². The molecule has 0 fully saturated rings. The standard InChI is InChI=1S/C13H13NO5/c1-3-19-13(16)9-7-14(17)11-8(12(9)15)5-4-6-10(11)18-2/h4-7,17H,3H2,1-2H3. The third-order valence-corrected chi connectivity index (χ3v) is 2.68. The summed E-state index contributed by atoms with van der Waals surface area (Å²) in [6, 6.07) is 4.73. The molecule has 0 amide bonds. The fraction of sp³-hybridized carbons (Fsp3) is 0.231. The Bertz CT molecular complexity index is 689. The van der Waals surface area contributed by atoms with Crippen molar-refractivity contribution >= 4 is 16.9 Å². The molecule has 0 atom stereocenters. The molecule has 0 spiro atoms. The molecule has 1 aromatic carbocycles. The van der Waals surface area contributed by atoms with Gasteiger partial charge in [0.2, 0.25) is 5.43 Å². The number of nitrogens with zero attached hydrogens (tertiary/aromatic N) is 1. The molecule has 1 heterocycles. The van der Waals surface area contributed by atoms with Crippen LogP contribution in [0.2, 0.25) is 0 Å². The van der Waals surface area contributed by atoms with Crippen LogP contribution in [-0.4, -0.2) is 29.6 Å². The molecule has 2 rings (SSSR count). The van der Waals surface area contributed by atoms with Crippen LogP contribution in [0, 0.1) is 0 Å². The molecule has 0 radical (unpaired) electrons. The monoisotopic (exact) mass is 263 g/mol. The zero-order valence-electron chi connectivity index (χ0n) is 10.5. The largest absolute Gasteiger partial charge is 0.494 e. The second-order valence-corrected chi connectivity index (χ2v) is 3.79. The quantitative estimate of drug-likeness (QED) is 0.669. The first-order chi connectivity index (χ1) is 9.10. The van der Waals surface area contributed by atoms with E-state index in [9.17, 15) is 14.8 Å². The third-order valence-electron chi connectivity index (χ3n) is 2.68. The number of hydrogen-bond donors (Lipinski definition) is 1. The van der Waals surface area contributed by atoms with E-state index >= 15 is 0 Å². The average Bonchev–Trinajstić information content (AvgIpc) is 2.42. The predicted molar refractivity (Wildman–Crippen MR) is 67.9 cm³/mol. The maximum atomic E-state index is 12.2. The Balaban J connectivity index is 2.77. The van der Waals surface area contributed by atoms with Gasteiger partial charge in [-0.25, -0.2) is 4.79 Å². The minimum Gasteiger partial charge on any atom is -0.494 e. The van der Waals surface area contributed by atoms with Crippen LogP contribution in [-0.2, 0) is 4.74 Å². The lowest BCUT2D eigenvalue weighted by atomic mass is 10.1.